The highest BCUT2D eigenvalue weighted by Gasteiger charge is 2.30. The van der Waals surface area contributed by atoms with Crippen LogP contribution in [-0.2, 0) is 21.3 Å². The number of rotatable bonds is 7. The van der Waals surface area contributed by atoms with Crippen LogP contribution in [0.4, 0.5) is 4.39 Å². The highest BCUT2D eigenvalue weighted by atomic mass is 32.2. The Balaban J connectivity index is 1.72. The molecular weight excluding hydrogens is 423 g/mol. The number of hydrogen-bond donors (Lipinski definition) is 1. The molecule has 0 amide bonds. The van der Waals surface area contributed by atoms with Gasteiger partial charge in [-0.2, -0.15) is 4.31 Å². The van der Waals surface area contributed by atoms with Crippen molar-refractivity contribution in [2.24, 2.45) is 0 Å². The molecule has 2 heterocycles. The number of halogens is 1. The van der Waals surface area contributed by atoms with Crippen LogP contribution in [0.3, 0.4) is 0 Å². The van der Waals surface area contributed by atoms with Crippen molar-refractivity contribution < 1.29 is 22.3 Å². The van der Waals surface area contributed by atoms with Crippen LogP contribution >= 0.6 is 0 Å². The van der Waals surface area contributed by atoms with Gasteiger partial charge in [0.1, 0.15) is 11.6 Å². The van der Waals surface area contributed by atoms with E-state index in [-0.39, 0.29) is 29.6 Å². The van der Waals surface area contributed by atoms with Gasteiger partial charge in [0.05, 0.1) is 18.1 Å². The predicted octanol–water partition coefficient (Wildman–Crippen LogP) is 3.05. The standard InChI is InChI=1S/C22H23FN2O5S/c1-29-18-6-9-21-15(12-18)11-16(22(26)24-21)13-25(14-19-3-2-10-30-19)31(27,28)20-7-4-17(23)5-8-20/h4-9,11-12,19H,2-3,10,13-14H2,1H3,(H,24,26). The van der Waals surface area contributed by atoms with Crippen molar-refractivity contribution in [2.75, 3.05) is 20.3 Å². The van der Waals surface area contributed by atoms with E-state index in [4.69, 9.17) is 9.47 Å². The summed E-state index contributed by atoms with van der Waals surface area (Å²) < 4.78 is 52.1. The van der Waals surface area contributed by atoms with Gasteiger partial charge in [-0.25, -0.2) is 12.8 Å². The van der Waals surface area contributed by atoms with E-state index in [0.29, 0.717) is 23.4 Å². The van der Waals surface area contributed by atoms with Gasteiger partial charge >= 0.3 is 0 Å². The van der Waals surface area contributed by atoms with Gasteiger partial charge in [-0.3, -0.25) is 4.79 Å². The lowest BCUT2D eigenvalue weighted by molar-refractivity contribution is 0.0925. The first-order chi connectivity index (χ1) is 14.9. The molecule has 1 aliphatic rings. The first-order valence-corrected chi connectivity index (χ1v) is 11.4. The molecule has 0 aliphatic carbocycles. The van der Waals surface area contributed by atoms with Crippen molar-refractivity contribution in [2.45, 2.75) is 30.4 Å². The number of nitrogens with one attached hydrogen (secondary N) is 1. The molecule has 0 radical (unpaired) electrons. The van der Waals surface area contributed by atoms with Gasteiger partial charge in [0.2, 0.25) is 10.0 Å². The Hall–Kier alpha value is -2.75. The molecule has 1 fully saturated rings. The predicted molar refractivity (Wildman–Crippen MR) is 114 cm³/mol. The molecule has 0 saturated carbocycles. The second-order valence-electron chi connectivity index (χ2n) is 7.46. The highest BCUT2D eigenvalue weighted by molar-refractivity contribution is 7.89. The molecule has 2 aromatic carbocycles. The molecule has 31 heavy (non-hydrogen) atoms. The maximum Gasteiger partial charge on any atom is 0.252 e. The molecule has 1 aliphatic heterocycles. The molecule has 0 bridgehead atoms. The fourth-order valence-electron chi connectivity index (χ4n) is 3.68. The lowest BCUT2D eigenvalue weighted by Crippen LogP contribution is -2.38. The third-order valence-corrected chi connectivity index (χ3v) is 7.18. The molecule has 1 saturated heterocycles. The maximum atomic E-state index is 13.3. The smallest absolute Gasteiger partial charge is 0.252 e. The molecule has 1 atom stereocenters. The number of fused-ring (bicyclic) bond motifs is 1. The number of methoxy groups -OCH3 is 1. The second-order valence-corrected chi connectivity index (χ2v) is 9.40. The average molecular weight is 447 g/mol. The Bertz CT molecular complexity index is 1230. The third kappa shape index (κ3) is 4.63. The minimum absolute atomic E-state index is 0.0363. The van der Waals surface area contributed by atoms with E-state index in [2.05, 4.69) is 4.98 Å². The Kier molecular flexibility index (Phi) is 6.08. The summed E-state index contributed by atoms with van der Waals surface area (Å²) in [6, 6.07) is 11.6. The van der Waals surface area contributed by atoms with E-state index in [9.17, 15) is 17.6 Å². The number of benzene rings is 2. The molecule has 1 N–H and O–H groups in total. The third-order valence-electron chi connectivity index (χ3n) is 5.36. The molecule has 1 unspecified atom stereocenters. The van der Waals surface area contributed by atoms with E-state index in [1.807, 2.05) is 0 Å². The van der Waals surface area contributed by atoms with Crippen molar-refractivity contribution in [1.82, 2.24) is 9.29 Å². The zero-order valence-electron chi connectivity index (χ0n) is 17.0. The minimum atomic E-state index is -3.98. The van der Waals surface area contributed by atoms with Crippen LogP contribution in [0, 0.1) is 5.82 Å². The summed E-state index contributed by atoms with van der Waals surface area (Å²) in [7, 11) is -2.43. The van der Waals surface area contributed by atoms with Gasteiger partial charge in [0.25, 0.3) is 5.56 Å². The van der Waals surface area contributed by atoms with Crippen LogP contribution in [0.25, 0.3) is 10.9 Å². The van der Waals surface area contributed by atoms with E-state index in [0.717, 1.165) is 30.4 Å². The van der Waals surface area contributed by atoms with Gasteiger partial charge in [0.15, 0.2) is 0 Å². The number of hydrogen-bond acceptors (Lipinski definition) is 5. The van der Waals surface area contributed by atoms with Crippen LogP contribution < -0.4 is 10.3 Å². The summed E-state index contributed by atoms with van der Waals surface area (Å²) in [6.07, 6.45) is 1.33. The monoisotopic (exact) mass is 446 g/mol. The van der Waals surface area contributed by atoms with Crippen molar-refractivity contribution in [3.63, 3.8) is 0 Å². The van der Waals surface area contributed by atoms with Crippen LogP contribution in [0.2, 0.25) is 0 Å². The number of sulfonamides is 1. The van der Waals surface area contributed by atoms with Gasteiger partial charge in [-0.05, 0) is 61.4 Å². The Morgan fingerprint density at radius 2 is 1.97 bits per heavy atom. The first kappa shape index (κ1) is 21.5. The number of aromatic amines is 1. The largest absolute Gasteiger partial charge is 0.497 e. The Labute approximate surface area is 179 Å². The summed E-state index contributed by atoms with van der Waals surface area (Å²) in [5.41, 5.74) is 0.551. The van der Waals surface area contributed by atoms with Crippen molar-refractivity contribution >= 4 is 20.9 Å². The fraction of sp³-hybridized carbons (Fsp3) is 0.318. The summed E-state index contributed by atoms with van der Waals surface area (Å²) in [4.78, 5) is 15.4. The summed E-state index contributed by atoms with van der Waals surface area (Å²) >= 11 is 0. The molecule has 9 heteroatoms. The molecule has 0 spiro atoms. The summed E-state index contributed by atoms with van der Waals surface area (Å²) in [6.45, 7) is 0.544. The summed E-state index contributed by atoms with van der Waals surface area (Å²) in [5.74, 6) is 0.102. The van der Waals surface area contributed by atoms with Crippen LogP contribution in [0.5, 0.6) is 5.75 Å². The van der Waals surface area contributed by atoms with Crippen molar-refractivity contribution in [3.8, 4) is 5.75 Å². The quantitative estimate of drug-likeness (QED) is 0.603. The van der Waals surface area contributed by atoms with E-state index in [1.54, 1.807) is 31.4 Å². The Morgan fingerprint density at radius 1 is 1.19 bits per heavy atom. The molecule has 7 nitrogen and oxygen atoms in total. The van der Waals surface area contributed by atoms with Gasteiger partial charge in [0, 0.05) is 36.2 Å². The van der Waals surface area contributed by atoms with E-state index in [1.165, 1.54) is 16.4 Å². The Morgan fingerprint density at radius 3 is 2.65 bits per heavy atom. The zero-order valence-corrected chi connectivity index (χ0v) is 17.8. The lowest BCUT2D eigenvalue weighted by atomic mass is 10.1. The molecular formula is C22H23FN2O5S. The van der Waals surface area contributed by atoms with Crippen molar-refractivity contribution in [3.05, 3.63) is 70.3 Å². The number of aromatic nitrogens is 1. The number of nitrogens with zero attached hydrogens (tertiary/aromatic N) is 1. The average Bonchev–Trinajstić information content (AvgIpc) is 3.27. The minimum Gasteiger partial charge on any atom is -0.497 e. The second kappa shape index (κ2) is 8.78. The number of H-pyrrole nitrogens is 1. The first-order valence-electron chi connectivity index (χ1n) is 9.94. The van der Waals surface area contributed by atoms with Gasteiger partial charge in [-0.15, -0.1) is 0 Å². The summed E-state index contributed by atoms with van der Waals surface area (Å²) in [5, 5.41) is 0.727. The molecule has 1 aromatic heterocycles. The fourth-order valence-corrected chi connectivity index (χ4v) is 5.13. The van der Waals surface area contributed by atoms with Crippen LogP contribution in [-0.4, -0.2) is 44.1 Å². The molecule has 164 valence electrons. The van der Waals surface area contributed by atoms with E-state index >= 15 is 0 Å². The normalized spacial score (nSPS) is 16.8. The topological polar surface area (TPSA) is 88.7 Å². The van der Waals surface area contributed by atoms with Crippen molar-refractivity contribution in [1.29, 1.82) is 0 Å². The zero-order chi connectivity index (χ0) is 22.0. The SMILES string of the molecule is COc1ccc2[nH]c(=O)c(CN(CC3CCCO3)S(=O)(=O)c3ccc(F)cc3)cc2c1. The van der Waals surface area contributed by atoms with Crippen LogP contribution in [0.1, 0.15) is 18.4 Å². The maximum absolute atomic E-state index is 13.3. The lowest BCUT2D eigenvalue weighted by Gasteiger charge is -2.25. The molecule has 4 rings (SSSR count). The molecule has 3 aromatic rings. The number of pyridine rings is 1. The van der Waals surface area contributed by atoms with E-state index < -0.39 is 15.8 Å². The van der Waals surface area contributed by atoms with Gasteiger partial charge < -0.3 is 14.5 Å². The number of ether oxygens (including phenoxy) is 2. The van der Waals surface area contributed by atoms with Crippen LogP contribution in [0.15, 0.2) is 58.2 Å². The van der Waals surface area contributed by atoms with Gasteiger partial charge in [-0.1, -0.05) is 0 Å². The highest BCUT2D eigenvalue weighted by Crippen LogP contribution is 2.24.